The molecule has 0 radical (unpaired) electrons. The van der Waals surface area contributed by atoms with E-state index in [4.69, 9.17) is 11.5 Å². The molecule has 3 aromatic rings. The summed E-state index contributed by atoms with van der Waals surface area (Å²) in [6.45, 7) is 0. The number of nitrogens with one attached hydrogen (secondary N) is 1. The number of benzene rings is 2. The smallest absolute Gasteiger partial charge is 0.261 e. The zero-order chi connectivity index (χ0) is 19.0. The lowest BCUT2D eigenvalue weighted by atomic mass is 10.1. The monoisotopic (exact) mass is 380 g/mol. The average Bonchev–Trinajstić information content (AvgIpc) is 3.39. The number of anilines is 2. The second-order valence-corrected chi connectivity index (χ2v) is 8.42. The number of hydrogen-bond acceptors (Lipinski definition) is 5. The summed E-state index contributed by atoms with van der Waals surface area (Å²) in [5.41, 5.74) is 15.2. The van der Waals surface area contributed by atoms with Gasteiger partial charge < -0.3 is 11.5 Å². The van der Waals surface area contributed by atoms with E-state index in [1.807, 2.05) is 24.4 Å². The first-order valence-corrected chi connectivity index (χ1v) is 10.1. The van der Waals surface area contributed by atoms with Crippen molar-refractivity contribution in [3.05, 3.63) is 72.4 Å². The molecule has 0 spiro atoms. The van der Waals surface area contributed by atoms with E-state index in [2.05, 4.69) is 9.71 Å². The summed E-state index contributed by atoms with van der Waals surface area (Å²) in [4.78, 5) is 4.66. The third-order valence-electron chi connectivity index (χ3n) is 4.66. The standard InChI is InChI=1S/C20H20N4O2S/c21-15-5-7-17(8-6-15)27(25,26)24-16-3-1-2-13(10-16)20-9-4-14(12-23-20)18-11-19(18)22/h1-10,12,18-19,24H,11,21-22H2/t18-,19+/m1/s1. The van der Waals surface area contributed by atoms with Crippen molar-refractivity contribution in [3.63, 3.8) is 0 Å². The summed E-state index contributed by atoms with van der Waals surface area (Å²) in [5.74, 6) is 0.407. The third-order valence-corrected chi connectivity index (χ3v) is 6.05. The first-order valence-electron chi connectivity index (χ1n) is 8.63. The molecule has 0 amide bonds. The van der Waals surface area contributed by atoms with Gasteiger partial charge in [0.05, 0.1) is 10.6 Å². The molecule has 0 saturated heterocycles. The van der Waals surface area contributed by atoms with Crippen LogP contribution < -0.4 is 16.2 Å². The molecule has 7 heteroatoms. The molecule has 1 saturated carbocycles. The van der Waals surface area contributed by atoms with Crippen LogP contribution in [0.1, 0.15) is 17.9 Å². The number of sulfonamides is 1. The van der Waals surface area contributed by atoms with Crippen LogP contribution in [-0.4, -0.2) is 19.4 Å². The van der Waals surface area contributed by atoms with Gasteiger partial charge in [0.2, 0.25) is 0 Å². The lowest BCUT2D eigenvalue weighted by Gasteiger charge is -2.10. The normalized spacial score (nSPS) is 18.9. The molecule has 1 heterocycles. The van der Waals surface area contributed by atoms with Crippen molar-refractivity contribution in [3.8, 4) is 11.3 Å². The van der Waals surface area contributed by atoms with E-state index in [-0.39, 0.29) is 10.9 Å². The van der Waals surface area contributed by atoms with Crippen molar-refractivity contribution >= 4 is 21.4 Å². The summed E-state index contributed by atoms with van der Waals surface area (Å²) < 4.78 is 27.7. The van der Waals surface area contributed by atoms with Crippen LogP contribution in [0, 0.1) is 0 Å². The predicted octanol–water partition coefficient (Wildman–Crippen LogP) is 2.95. The molecule has 0 unspecified atom stereocenters. The zero-order valence-electron chi connectivity index (χ0n) is 14.5. The lowest BCUT2D eigenvalue weighted by molar-refractivity contribution is 0.601. The summed E-state index contributed by atoms with van der Waals surface area (Å²) in [6, 6.07) is 17.4. The van der Waals surface area contributed by atoms with Crippen LogP contribution >= 0.6 is 0 Å². The maximum atomic E-state index is 12.5. The Labute approximate surface area is 158 Å². The van der Waals surface area contributed by atoms with Gasteiger partial charge in [-0.1, -0.05) is 18.2 Å². The van der Waals surface area contributed by atoms with Crippen molar-refractivity contribution < 1.29 is 8.42 Å². The summed E-state index contributed by atoms with van der Waals surface area (Å²) in [6.07, 6.45) is 2.85. The Kier molecular flexibility index (Phi) is 4.33. The van der Waals surface area contributed by atoms with Crippen LogP contribution in [0.5, 0.6) is 0 Å². The van der Waals surface area contributed by atoms with Gasteiger partial charge in [-0.2, -0.15) is 0 Å². The van der Waals surface area contributed by atoms with E-state index in [1.54, 1.807) is 30.3 Å². The van der Waals surface area contributed by atoms with Crippen LogP contribution in [0.3, 0.4) is 0 Å². The number of nitrogens with two attached hydrogens (primary N) is 2. The van der Waals surface area contributed by atoms with Gasteiger partial charge in [-0.25, -0.2) is 8.42 Å². The molecule has 2 atom stereocenters. The number of rotatable bonds is 5. The van der Waals surface area contributed by atoms with Crippen LogP contribution in [0.4, 0.5) is 11.4 Å². The van der Waals surface area contributed by atoms with E-state index < -0.39 is 10.0 Å². The first kappa shape index (κ1) is 17.5. The molecule has 1 aromatic heterocycles. The molecule has 6 nitrogen and oxygen atoms in total. The minimum Gasteiger partial charge on any atom is -0.399 e. The fourth-order valence-electron chi connectivity index (χ4n) is 3.00. The molecule has 1 aliphatic rings. The number of nitrogens with zero attached hydrogens (tertiary/aromatic N) is 1. The zero-order valence-corrected chi connectivity index (χ0v) is 15.4. The second-order valence-electron chi connectivity index (χ2n) is 6.74. The molecule has 5 N–H and O–H groups in total. The highest BCUT2D eigenvalue weighted by molar-refractivity contribution is 7.92. The highest BCUT2D eigenvalue weighted by Crippen LogP contribution is 2.39. The van der Waals surface area contributed by atoms with Crippen molar-refractivity contribution in [1.29, 1.82) is 0 Å². The topological polar surface area (TPSA) is 111 Å². The highest BCUT2D eigenvalue weighted by Gasteiger charge is 2.34. The SMILES string of the molecule is Nc1ccc(S(=O)(=O)Nc2cccc(-c3ccc([C@H]4C[C@@H]4N)cn3)c2)cc1. The second kappa shape index (κ2) is 6.68. The Morgan fingerprint density at radius 3 is 2.41 bits per heavy atom. The average molecular weight is 380 g/mol. The summed E-state index contributed by atoms with van der Waals surface area (Å²) >= 11 is 0. The van der Waals surface area contributed by atoms with E-state index in [0.717, 1.165) is 23.2 Å². The third kappa shape index (κ3) is 3.79. The van der Waals surface area contributed by atoms with Gasteiger partial charge in [0, 0.05) is 35.1 Å². The summed E-state index contributed by atoms with van der Waals surface area (Å²) in [5, 5.41) is 0. The predicted molar refractivity (Wildman–Crippen MR) is 107 cm³/mol. The maximum absolute atomic E-state index is 12.5. The molecule has 27 heavy (non-hydrogen) atoms. The van der Waals surface area contributed by atoms with Gasteiger partial charge in [0.15, 0.2) is 0 Å². The Hall–Kier alpha value is -2.90. The largest absolute Gasteiger partial charge is 0.399 e. The molecule has 0 aliphatic heterocycles. The molecule has 1 aliphatic carbocycles. The molecule has 138 valence electrons. The molecule has 4 rings (SSSR count). The van der Waals surface area contributed by atoms with E-state index in [1.165, 1.54) is 12.1 Å². The number of aromatic nitrogens is 1. The molecule has 2 aromatic carbocycles. The lowest BCUT2D eigenvalue weighted by Crippen LogP contribution is -2.12. The Balaban J connectivity index is 1.56. The van der Waals surface area contributed by atoms with Crippen LogP contribution in [0.2, 0.25) is 0 Å². The van der Waals surface area contributed by atoms with Crippen molar-refractivity contribution in [2.24, 2.45) is 5.73 Å². The minimum absolute atomic E-state index is 0.158. The highest BCUT2D eigenvalue weighted by atomic mass is 32.2. The number of nitrogen functional groups attached to an aromatic ring is 1. The van der Waals surface area contributed by atoms with Gasteiger partial charge >= 0.3 is 0 Å². The van der Waals surface area contributed by atoms with Gasteiger partial charge in [0.1, 0.15) is 0 Å². The Morgan fingerprint density at radius 1 is 1.04 bits per heavy atom. The minimum atomic E-state index is -3.68. The molecular formula is C20H20N4O2S. The van der Waals surface area contributed by atoms with Gasteiger partial charge in [-0.05, 0) is 54.4 Å². The Bertz CT molecular complexity index is 1060. The van der Waals surface area contributed by atoms with Crippen LogP contribution in [-0.2, 0) is 10.0 Å². The molecule has 1 fully saturated rings. The maximum Gasteiger partial charge on any atom is 0.261 e. The van der Waals surface area contributed by atoms with Crippen molar-refractivity contribution in [1.82, 2.24) is 4.98 Å². The first-order chi connectivity index (χ1) is 12.9. The van der Waals surface area contributed by atoms with Crippen LogP contribution in [0.25, 0.3) is 11.3 Å². The van der Waals surface area contributed by atoms with Gasteiger partial charge in [-0.3, -0.25) is 9.71 Å². The molecule has 0 bridgehead atoms. The number of hydrogen-bond donors (Lipinski definition) is 3. The number of pyridine rings is 1. The van der Waals surface area contributed by atoms with E-state index in [9.17, 15) is 8.42 Å². The molecular weight excluding hydrogens is 360 g/mol. The Morgan fingerprint density at radius 2 is 1.78 bits per heavy atom. The fourth-order valence-corrected chi connectivity index (χ4v) is 4.05. The van der Waals surface area contributed by atoms with Gasteiger partial charge in [0.25, 0.3) is 10.0 Å². The summed E-state index contributed by atoms with van der Waals surface area (Å²) in [7, 11) is -3.68. The van der Waals surface area contributed by atoms with Crippen molar-refractivity contribution in [2.45, 2.75) is 23.3 Å². The fraction of sp³-hybridized carbons (Fsp3) is 0.150. The van der Waals surface area contributed by atoms with Crippen LogP contribution in [0.15, 0.2) is 71.8 Å². The quantitative estimate of drug-likeness (QED) is 0.589. The van der Waals surface area contributed by atoms with E-state index in [0.29, 0.717) is 17.3 Å². The van der Waals surface area contributed by atoms with E-state index >= 15 is 0 Å². The van der Waals surface area contributed by atoms with Gasteiger partial charge in [-0.15, -0.1) is 0 Å². The van der Waals surface area contributed by atoms with Crippen molar-refractivity contribution in [2.75, 3.05) is 10.5 Å².